The van der Waals surface area contributed by atoms with Gasteiger partial charge in [0.15, 0.2) is 6.10 Å². The average molecular weight is 434 g/mol. The smallest absolute Gasteiger partial charge is 0.265 e. The fourth-order valence-corrected chi connectivity index (χ4v) is 3.09. The number of ether oxygens (including phenoxy) is 1. The standard InChI is InChI=1S/C21H27N3O5S/c1-6-19(29-18-13-11-17(12-14-18)24(4)30(5,27)28)20(25)22-16-9-7-15(8-10-16)21(26)23(2)3/h7-14,19H,6H2,1-5H3,(H,22,25)/t19-/m1/s1. The second-order valence-electron chi connectivity index (χ2n) is 7.01. The first-order valence-electron chi connectivity index (χ1n) is 9.36. The van der Waals surface area contributed by atoms with Crippen LogP contribution in [0, 0.1) is 0 Å². The molecule has 0 saturated carbocycles. The molecule has 0 saturated heterocycles. The zero-order valence-corrected chi connectivity index (χ0v) is 18.6. The van der Waals surface area contributed by atoms with E-state index < -0.39 is 16.1 Å². The lowest BCUT2D eigenvalue weighted by molar-refractivity contribution is -0.122. The topological polar surface area (TPSA) is 96.0 Å². The highest BCUT2D eigenvalue weighted by molar-refractivity contribution is 7.92. The number of amides is 2. The van der Waals surface area contributed by atoms with Crippen LogP contribution in [0.2, 0.25) is 0 Å². The van der Waals surface area contributed by atoms with E-state index >= 15 is 0 Å². The van der Waals surface area contributed by atoms with Gasteiger partial charge < -0.3 is 15.0 Å². The van der Waals surface area contributed by atoms with Crippen LogP contribution < -0.4 is 14.4 Å². The third kappa shape index (κ3) is 5.96. The molecule has 1 N–H and O–H groups in total. The van der Waals surface area contributed by atoms with Crippen molar-refractivity contribution in [2.24, 2.45) is 0 Å². The lowest BCUT2D eigenvalue weighted by atomic mass is 10.1. The SMILES string of the molecule is CC[C@@H](Oc1ccc(N(C)S(C)(=O)=O)cc1)C(=O)Nc1ccc(C(=O)N(C)C)cc1. The molecule has 9 heteroatoms. The van der Waals surface area contributed by atoms with E-state index in [9.17, 15) is 18.0 Å². The molecule has 2 rings (SSSR count). The molecule has 0 aromatic heterocycles. The number of anilines is 2. The maximum Gasteiger partial charge on any atom is 0.265 e. The number of hydrogen-bond acceptors (Lipinski definition) is 5. The largest absolute Gasteiger partial charge is 0.481 e. The number of nitrogens with zero attached hydrogens (tertiary/aromatic N) is 2. The summed E-state index contributed by atoms with van der Waals surface area (Å²) in [6, 6.07) is 13.1. The highest BCUT2D eigenvalue weighted by atomic mass is 32.2. The Bertz CT molecular complexity index is 986. The number of hydrogen-bond donors (Lipinski definition) is 1. The van der Waals surface area contributed by atoms with Crippen molar-refractivity contribution >= 4 is 33.2 Å². The normalized spacial score (nSPS) is 12.0. The summed E-state index contributed by atoms with van der Waals surface area (Å²) in [5, 5.41) is 2.78. The van der Waals surface area contributed by atoms with Crippen molar-refractivity contribution in [1.82, 2.24) is 4.90 Å². The number of benzene rings is 2. The van der Waals surface area contributed by atoms with E-state index in [0.29, 0.717) is 29.1 Å². The van der Waals surface area contributed by atoms with E-state index in [1.54, 1.807) is 62.6 Å². The van der Waals surface area contributed by atoms with Gasteiger partial charge in [-0.05, 0) is 55.0 Å². The zero-order chi connectivity index (χ0) is 22.5. The predicted octanol–water partition coefficient (Wildman–Crippen LogP) is 2.58. The summed E-state index contributed by atoms with van der Waals surface area (Å²) in [5.74, 6) is 0.0173. The molecule has 1 atom stereocenters. The Morgan fingerprint density at radius 1 is 1.00 bits per heavy atom. The van der Waals surface area contributed by atoms with Crippen molar-refractivity contribution in [2.75, 3.05) is 37.0 Å². The highest BCUT2D eigenvalue weighted by Crippen LogP contribution is 2.22. The lowest BCUT2D eigenvalue weighted by Crippen LogP contribution is -2.32. The Morgan fingerprint density at radius 3 is 2.03 bits per heavy atom. The van der Waals surface area contributed by atoms with Crippen LogP contribution >= 0.6 is 0 Å². The first-order chi connectivity index (χ1) is 14.0. The molecule has 2 aromatic rings. The van der Waals surface area contributed by atoms with Crippen LogP contribution in [0.4, 0.5) is 11.4 Å². The second-order valence-corrected chi connectivity index (χ2v) is 9.02. The number of sulfonamides is 1. The number of carbonyl (C=O) groups is 2. The molecule has 0 aliphatic rings. The molecule has 8 nitrogen and oxygen atoms in total. The van der Waals surface area contributed by atoms with Crippen LogP contribution in [0.5, 0.6) is 5.75 Å². The number of nitrogens with one attached hydrogen (secondary N) is 1. The summed E-state index contributed by atoms with van der Waals surface area (Å²) in [6.07, 6.45) is 0.831. The fraction of sp³-hybridized carbons (Fsp3) is 0.333. The Hall–Kier alpha value is -3.07. The van der Waals surface area contributed by atoms with Gasteiger partial charge in [0.1, 0.15) is 5.75 Å². The van der Waals surface area contributed by atoms with E-state index in [1.165, 1.54) is 11.9 Å². The van der Waals surface area contributed by atoms with Gasteiger partial charge in [-0.1, -0.05) is 6.92 Å². The van der Waals surface area contributed by atoms with E-state index in [2.05, 4.69) is 5.32 Å². The van der Waals surface area contributed by atoms with Crippen LogP contribution in [0.25, 0.3) is 0 Å². The number of carbonyl (C=O) groups excluding carboxylic acids is 2. The first kappa shape index (κ1) is 23.2. The van der Waals surface area contributed by atoms with Gasteiger partial charge in [-0.25, -0.2) is 8.42 Å². The second kappa shape index (κ2) is 9.62. The summed E-state index contributed by atoms with van der Waals surface area (Å²) in [5.41, 5.74) is 1.58. The van der Waals surface area contributed by atoms with Gasteiger partial charge in [0.2, 0.25) is 10.0 Å². The first-order valence-corrected chi connectivity index (χ1v) is 11.2. The maximum absolute atomic E-state index is 12.6. The van der Waals surface area contributed by atoms with Crippen molar-refractivity contribution in [2.45, 2.75) is 19.4 Å². The summed E-state index contributed by atoms with van der Waals surface area (Å²) in [7, 11) is 1.46. The Labute approximate surface area is 177 Å². The van der Waals surface area contributed by atoms with Crippen LogP contribution in [0.3, 0.4) is 0 Å². The molecule has 0 spiro atoms. The molecular weight excluding hydrogens is 406 g/mol. The molecular formula is C21H27N3O5S. The number of rotatable bonds is 8. The van der Waals surface area contributed by atoms with Crippen molar-refractivity contribution in [3.8, 4) is 5.75 Å². The minimum absolute atomic E-state index is 0.118. The van der Waals surface area contributed by atoms with E-state index in [0.717, 1.165) is 10.6 Å². The molecule has 2 amide bonds. The molecule has 0 bridgehead atoms. The summed E-state index contributed by atoms with van der Waals surface area (Å²) < 4.78 is 30.2. The van der Waals surface area contributed by atoms with Crippen molar-refractivity contribution in [3.05, 3.63) is 54.1 Å². The molecule has 162 valence electrons. The molecule has 0 radical (unpaired) electrons. The fourth-order valence-electron chi connectivity index (χ4n) is 2.59. The minimum Gasteiger partial charge on any atom is -0.481 e. The van der Waals surface area contributed by atoms with Crippen LogP contribution in [0.1, 0.15) is 23.7 Å². The van der Waals surface area contributed by atoms with Crippen LogP contribution in [0.15, 0.2) is 48.5 Å². The third-order valence-electron chi connectivity index (χ3n) is 4.44. The van der Waals surface area contributed by atoms with Gasteiger partial charge in [0.25, 0.3) is 11.8 Å². The highest BCUT2D eigenvalue weighted by Gasteiger charge is 2.19. The van der Waals surface area contributed by atoms with Gasteiger partial charge >= 0.3 is 0 Å². The Morgan fingerprint density at radius 2 is 1.57 bits per heavy atom. The molecule has 0 fully saturated rings. The average Bonchev–Trinajstić information content (AvgIpc) is 2.71. The molecule has 30 heavy (non-hydrogen) atoms. The monoisotopic (exact) mass is 433 g/mol. The summed E-state index contributed by atoms with van der Waals surface area (Å²) >= 11 is 0. The molecule has 0 aliphatic heterocycles. The molecule has 0 heterocycles. The molecule has 2 aromatic carbocycles. The summed E-state index contributed by atoms with van der Waals surface area (Å²) in [4.78, 5) is 26.0. The van der Waals surface area contributed by atoms with Crippen molar-refractivity contribution in [3.63, 3.8) is 0 Å². The third-order valence-corrected chi connectivity index (χ3v) is 5.65. The van der Waals surface area contributed by atoms with Crippen LogP contribution in [-0.2, 0) is 14.8 Å². The quantitative estimate of drug-likeness (QED) is 0.690. The minimum atomic E-state index is -3.35. The summed E-state index contributed by atoms with van der Waals surface area (Å²) in [6.45, 7) is 1.83. The zero-order valence-electron chi connectivity index (χ0n) is 17.7. The Balaban J connectivity index is 2.04. The Kier molecular flexibility index (Phi) is 7.44. The van der Waals surface area contributed by atoms with Crippen LogP contribution in [-0.4, -0.2) is 58.6 Å². The maximum atomic E-state index is 12.6. The van der Waals surface area contributed by atoms with E-state index in [-0.39, 0.29) is 11.8 Å². The van der Waals surface area contributed by atoms with Gasteiger partial charge in [0.05, 0.1) is 11.9 Å². The molecule has 0 aliphatic carbocycles. The van der Waals surface area contributed by atoms with Crippen molar-refractivity contribution < 1.29 is 22.7 Å². The lowest BCUT2D eigenvalue weighted by Gasteiger charge is -2.19. The van der Waals surface area contributed by atoms with E-state index in [4.69, 9.17) is 4.74 Å². The van der Waals surface area contributed by atoms with Gasteiger partial charge in [-0.15, -0.1) is 0 Å². The van der Waals surface area contributed by atoms with E-state index in [1.807, 2.05) is 6.92 Å². The van der Waals surface area contributed by atoms with Gasteiger partial charge in [-0.3, -0.25) is 13.9 Å². The van der Waals surface area contributed by atoms with Gasteiger partial charge in [0, 0.05) is 32.4 Å². The van der Waals surface area contributed by atoms with Crippen molar-refractivity contribution in [1.29, 1.82) is 0 Å². The predicted molar refractivity (Wildman–Crippen MR) is 117 cm³/mol. The van der Waals surface area contributed by atoms with Gasteiger partial charge in [-0.2, -0.15) is 0 Å². The molecule has 0 unspecified atom stereocenters.